The van der Waals surface area contributed by atoms with Crippen LogP contribution in [0.25, 0.3) is 10.8 Å². The quantitative estimate of drug-likeness (QED) is 0.141. The summed E-state index contributed by atoms with van der Waals surface area (Å²) in [6.45, 7) is 12.0. The van der Waals surface area contributed by atoms with E-state index in [4.69, 9.17) is 19.3 Å². The number of carbonyl (C=O) groups excluding carboxylic acids is 1. The van der Waals surface area contributed by atoms with E-state index >= 15 is 0 Å². The van der Waals surface area contributed by atoms with Crippen LogP contribution in [0.3, 0.4) is 0 Å². The third-order valence-electron chi connectivity index (χ3n) is 9.95. The standard InChI is InChI=1S/C41H42N4O4/c1-7-43(8-2)30-16-19-35-38(24-30)49-39-25-31(44(9-3)10-4)17-20-36(39)41(35)34-14-12-11-13-33(34)40(46)45(41)42-26-29-21-28-22-32(47-5)18-15-27(28)23-37(29)48-6/h11-26H,7-10H2,1-6H3/b42-26+. The maximum atomic E-state index is 14.6. The molecule has 5 aromatic rings. The highest BCUT2D eigenvalue weighted by molar-refractivity contribution is 6.03. The first-order valence-electron chi connectivity index (χ1n) is 17.0. The lowest BCUT2D eigenvalue weighted by Crippen LogP contribution is -2.44. The fourth-order valence-electron chi connectivity index (χ4n) is 7.44. The lowest BCUT2D eigenvalue weighted by atomic mass is 9.75. The third-order valence-corrected chi connectivity index (χ3v) is 9.95. The molecule has 8 nitrogen and oxygen atoms in total. The molecule has 49 heavy (non-hydrogen) atoms. The van der Waals surface area contributed by atoms with Gasteiger partial charge in [-0.3, -0.25) is 4.79 Å². The van der Waals surface area contributed by atoms with Gasteiger partial charge in [-0.25, -0.2) is 5.01 Å². The van der Waals surface area contributed by atoms with E-state index in [-0.39, 0.29) is 5.91 Å². The van der Waals surface area contributed by atoms with Crippen molar-refractivity contribution in [1.82, 2.24) is 5.01 Å². The largest absolute Gasteiger partial charge is 0.497 e. The summed E-state index contributed by atoms with van der Waals surface area (Å²) in [5.41, 5.74) is 4.97. The van der Waals surface area contributed by atoms with E-state index in [0.29, 0.717) is 22.8 Å². The molecule has 2 aliphatic rings. The van der Waals surface area contributed by atoms with Gasteiger partial charge in [0.05, 0.1) is 20.4 Å². The number of anilines is 2. The zero-order chi connectivity index (χ0) is 34.3. The summed E-state index contributed by atoms with van der Waals surface area (Å²) < 4.78 is 18.1. The lowest BCUT2D eigenvalue weighted by Gasteiger charge is -2.42. The number of fused-ring (bicyclic) bond motifs is 7. The van der Waals surface area contributed by atoms with Gasteiger partial charge in [-0.1, -0.05) is 36.4 Å². The van der Waals surface area contributed by atoms with E-state index in [2.05, 4.69) is 73.9 Å². The Morgan fingerprint density at radius 1 is 0.714 bits per heavy atom. The summed E-state index contributed by atoms with van der Waals surface area (Å²) in [4.78, 5) is 19.2. The van der Waals surface area contributed by atoms with Crippen LogP contribution in [0.5, 0.6) is 23.0 Å². The summed E-state index contributed by atoms with van der Waals surface area (Å²) in [6, 6.07) is 30.4. The number of hydrazone groups is 1. The van der Waals surface area contributed by atoms with Gasteiger partial charge in [0.1, 0.15) is 28.5 Å². The van der Waals surface area contributed by atoms with E-state index in [1.165, 1.54) is 0 Å². The van der Waals surface area contributed by atoms with E-state index in [1.807, 2.05) is 54.6 Å². The van der Waals surface area contributed by atoms with Gasteiger partial charge in [-0.05, 0) is 80.9 Å². The van der Waals surface area contributed by atoms with Crippen molar-refractivity contribution < 1.29 is 19.0 Å². The van der Waals surface area contributed by atoms with Crippen molar-refractivity contribution in [3.8, 4) is 23.0 Å². The number of methoxy groups -OCH3 is 2. The molecular formula is C41H42N4O4. The second-order valence-electron chi connectivity index (χ2n) is 12.2. The molecule has 5 aromatic carbocycles. The van der Waals surface area contributed by atoms with Crippen molar-refractivity contribution in [1.29, 1.82) is 0 Å². The van der Waals surface area contributed by atoms with E-state index in [9.17, 15) is 4.79 Å². The first-order chi connectivity index (χ1) is 23.9. The Kier molecular flexibility index (Phi) is 8.40. The smallest absolute Gasteiger partial charge is 0.275 e. The summed E-state index contributed by atoms with van der Waals surface area (Å²) in [5, 5.41) is 8.70. The van der Waals surface area contributed by atoms with E-state index in [0.717, 1.165) is 76.3 Å². The predicted molar refractivity (Wildman–Crippen MR) is 197 cm³/mol. The summed E-state index contributed by atoms with van der Waals surface area (Å²) in [5.74, 6) is 2.63. The highest BCUT2D eigenvalue weighted by atomic mass is 16.5. The molecule has 0 saturated carbocycles. The molecule has 250 valence electrons. The zero-order valence-corrected chi connectivity index (χ0v) is 29.0. The minimum absolute atomic E-state index is 0.187. The number of amides is 1. The van der Waals surface area contributed by atoms with Gasteiger partial charge < -0.3 is 24.0 Å². The summed E-state index contributed by atoms with van der Waals surface area (Å²) >= 11 is 0. The number of hydrogen-bond acceptors (Lipinski definition) is 7. The molecule has 2 heterocycles. The van der Waals surface area contributed by atoms with Gasteiger partial charge in [-0.2, -0.15) is 5.10 Å². The number of hydrogen-bond donors (Lipinski definition) is 0. The van der Waals surface area contributed by atoms with Crippen LogP contribution in [-0.4, -0.2) is 57.5 Å². The second kappa shape index (κ2) is 12.8. The maximum absolute atomic E-state index is 14.6. The Morgan fingerprint density at radius 3 is 1.94 bits per heavy atom. The normalized spacial score (nSPS) is 14.1. The minimum atomic E-state index is -1.08. The van der Waals surface area contributed by atoms with Crippen LogP contribution in [0, 0.1) is 0 Å². The number of nitrogens with zero attached hydrogens (tertiary/aromatic N) is 4. The van der Waals surface area contributed by atoms with Crippen LogP contribution < -0.4 is 24.0 Å². The SMILES string of the molecule is CCN(CC)c1ccc2c(c1)Oc1cc(N(CC)CC)ccc1C21c2ccccc2C(=O)N1/N=C/c1cc2cc(OC)ccc2cc1OC. The molecule has 8 heteroatoms. The molecule has 0 atom stereocenters. The number of carbonyl (C=O) groups is 1. The first kappa shape index (κ1) is 32.1. The third kappa shape index (κ3) is 5.05. The van der Waals surface area contributed by atoms with Gasteiger partial charge >= 0.3 is 0 Å². The van der Waals surface area contributed by atoms with Crippen LogP contribution in [-0.2, 0) is 5.54 Å². The molecule has 0 N–H and O–H groups in total. The van der Waals surface area contributed by atoms with Gasteiger partial charge in [0.2, 0.25) is 0 Å². The Balaban J connectivity index is 1.48. The first-order valence-corrected chi connectivity index (χ1v) is 17.0. The van der Waals surface area contributed by atoms with Gasteiger partial charge in [0.25, 0.3) is 5.91 Å². The summed E-state index contributed by atoms with van der Waals surface area (Å²) in [6.07, 6.45) is 1.73. The second-order valence-corrected chi connectivity index (χ2v) is 12.2. The lowest BCUT2D eigenvalue weighted by molar-refractivity contribution is 0.0675. The molecule has 0 aromatic heterocycles. The highest BCUT2D eigenvalue weighted by Gasteiger charge is 2.57. The molecule has 2 aliphatic heterocycles. The van der Waals surface area contributed by atoms with E-state index < -0.39 is 5.54 Å². The molecule has 0 radical (unpaired) electrons. The molecule has 1 amide bonds. The molecule has 0 saturated heterocycles. The minimum Gasteiger partial charge on any atom is -0.497 e. The topological polar surface area (TPSA) is 66.8 Å². The maximum Gasteiger partial charge on any atom is 0.275 e. The Bertz CT molecular complexity index is 2020. The fourth-order valence-corrected chi connectivity index (χ4v) is 7.44. The monoisotopic (exact) mass is 654 g/mol. The van der Waals surface area contributed by atoms with Crippen molar-refractivity contribution in [3.05, 3.63) is 119 Å². The zero-order valence-electron chi connectivity index (χ0n) is 29.0. The van der Waals surface area contributed by atoms with Crippen molar-refractivity contribution in [2.75, 3.05) is 50.2 Å². The number of ether oxygens (including phenoxy) is 3. The summed E-state index contributed by atoms with van der Waals surface area (Å²) in [7, 11) is 3.30. The Morgan fingerprint density at radius 2 is 1.35 bits per heavy atom. The van der Waals surface area contributed by atoms with Crippen molar-refractivity contribution in [2.24, 2.45) is 5.10 Å². The van der Waals surface area contributed by atoms with Crippen molar-refractivity contribution in [2.45, 2.75) is 33.2 Å². The van der Waals surface area contributed by atoms with E-state index in [1.54, 1.807) is 25.4 Å². The van der Waals surface area contributed by atoms with Crippen LogP contribution in [0.4, 0.5) is 11.4 Å². The van der Waals surface area contributed by atoms with Gasteiger partial charge in [-0.15, -0.1) is 0 Å². The predicted octanol–water partition coefficient (Wildman–Crippen LogP) is 8.44. The van der Waals surface area contributed by atoms with Crippen molar-refractivity contribution in [3.63, 3.8) is 0 Å². The molecule has 0 bridgehead atoms. The average molecular weight is 655 g/mol. The molecule has 1 spiro atoms. The average Bonchev–Trinajstić information content (AvgIpc) is 3.38. The van der Waals surface area contributed by atoms with Crippen LogP contribution in [0.2, 0.25) is 0 Å². The Hall–Kier alpha value is -5.50. The van der Waals surface area contributed by atoms with Crippen molar-refractivity contribution >= 4 is 34.3 Å². The fraction of sp³-hybridized carbons (Fsp3) is 0.268. The number of benzene rings is 5. The van der Waals surface area contributed by atoms with Crippen LogP contribution >= 0.6 is 0 Å². The van der Waals surface area contributed by atoms with Gasteiger partial charge in [0.15, 0.2) is 0 Å². The molecule has 0 fully saturated rings. The highest BCUT2D eigenvalue weighted by Crippen LogP contribution is 2.58. The molecular weight excluding hydrogens is 612 g/mol. The molecule has 7 rings (SSSR count). The molecule has 0 aliphatic carbocycles. The number of rotatable bonds is 10. The molecule has 0 unspecified atom stereocenters. The van der Waals surface area contributed by atoms with Crippen LogP contribution in [0.1, 0.15) is 60.3 Å². The van der Waals surface area contributed by atoms with Gasteiger partial charge in [0, 0.05) is 77.5 Å². The Labute approximate surface area is 288 Å². The van der Waals surface area contributed by atoms with Crippen LogP contribution in [0.15, 0.2) is 96.1 Å².